The molecule has 0 N–H and O–H groups in total. The molecule has 0 unspecified atom stereocenters. The van der Waals surface area contributed by atoms with E-state index >= 15 is 0 Å². The highest BCUT2D eigenvalue weighted by Crippen LogP contribution is 2.16. The second-order valence-corrected chi connectivity index (χ2v) is 10.1. The Morgan fingerprint density at radius 1 is 0.562 bits per heavy atom. The molecule has 0 aliphatic rings. The lowest BCUT2D eigenvalue weighted by molar-refractivity contribution is -0.645. The summed E-state index contributed by atoms with van der Waals surface area (Å²) < 4.78 is 4.66. The summed E-state index contributed by atoms with van der Waals surface area (Å²) in [7, 11) is 2.15. The number of hydrogen-bond donors (Lipinski definition) is 0. The van der Waals surface area contributed by atoms with Crippen LogP contribution >= 0.6 is 0 Å². The van der Waals surface area contributed by atoms with E-state index in [1.807, 2.05) is 0 Å². The number of nitrogens with zero attached hydrogens (tertiary/aromatic N) is 2. The molecule has 1 heterocycles. The second kappa shape index (κ2) is 18.2. The van der Waals surface area contributed by atoms with Crippen molar-refractivity contribution in [1.29, 1.82) is 0 Å². The van der Waals surface area contributed by atoms with Gasteiger partial charge < -0.3 is 0 Å². The van der Waals surface area contributed by atoms with Crippen LogP contribution in [0.15, 0.2) is 30.6 Å². The fraction of sp³-hybridized carbons (Fsp3) is 0.767. The normalized spacial score (nSPS) is 11.6. The molecule has 2 aromatic rings. The number of aromatic nitrogens is 2. The van der Waals surface area contributed by atoms with E-state index < -0.39 is 0 Å². The van der Waals surface area contributed by atoms with Crippen LogP contribution < -0.4 is 4.57 Å². The van der Waals surface area contributed by atoms with Gasteiger partial charge in [0.1, 0.15) is 0 Å². The first-order chi connectivity index (χ1) is 15.8. The first-order valence-corrected chi connectivity index (χ1v) is 14.3. The first kappa shape index (κ1) is 26.9. The molecule has 0 saturated heterocycles. The Morgan fingerprint density at radius 3 is 1.44 bits per heavy atom. The standard InChI is InChI=1S/C30H53N2/c1-3-4-5-6-7-8-9-10-11-12-13-14-15-16-17-18-19-20-21-24-27-32-28-31(2)29-25-22-23-26-30(29)32/h22-23,25-26,28H,3-21,24,27H2,1-2H3/q+1. The average Bonchev–Trinajstić information content (AvgIpc) is 3.13. The third-order valence-corrected chi connectivity index (χ3v) is 7.14. The lowest BCUT2D eigenvalue weighted by Crippen LogP contribution is -2.25. The lowest BCUT2D eigenvalue weighted by atomic mass is 10.0. The summed E-state index contributed by atoms with van der Waals surface area (Å²) in [5.74, 6) is 0. The molecule has 2 nitrogen and oxygen atoms in total. The van der Waals surface area contributed by atoms with Gasteiger partial charge in [-0.1, -0.05) is 135 Å². The fourth-order valence-electron chi connectivity index (χ4n) is 5.05. The molecule has 0 aliphatic heterocycles. The predicted octanol–water partition coefficient (Wildman–Crippen LogP) is 9.29. The zero-order valence-electron chi connectivity index (χ0n) is 21.6. The van der Waals surface area contributed by atoms with E-state index in [0.29, 0.717) is 0 Å². The molecular formula is C30H53N2+. The van der Waals surface area contributed by atoms with Crippen molar-refractivity contribution in [2.45, 2.75) is 142 Å². The number of aryl methyl sites for hydroxylation is 2. The van der Waals surface area contributed by atoms with Gasteiger partial charge in [-0.05, 0) is 25.0 Å². The van der Waals surface area contributed by atoms with Crippen LogP contribution in [0.5, 0.6) is 0 Å². The zero-order valence-corrected chi connectivity index (χ0v) is 21.6. The van der Waals surface area contributed by atoms with Crippen molar-refractivity contribution in [2.75, 3.05) is 0 Å². The summed E-state index contributed by atoms with van der Waals surface area (Å²) in [6.07, 6.45) is 31.1. The summed E-state index contributed by atoms with van der Waals surface area (Å²) in [5, 5.41) is 0. The van der Waals surface area contributed by atoms with E-state index in [2.05, 4.69) is 53.7 Å². The Bertz CT molecular complexity index is 687. The van der Waals surface area contributed by atoms with Crippen LogP contribution in [0.1, 0.15) is 135 Å². The molecule has 0 bridgehead atoms. The van der Waals surface area contributed by atoms with E-state index in [9.17, 15) is 0 Å². The number of unbranched alkanes of at least 4 members (excludes halogenated alkanes) is 19. The maximum Gasteiger partial charge on any atom is 0.244 e. The maximum atomic E-state index is 2.42. The molecule has 0 saturated carbocycles. The molecule has 2 rings (SSSR count). The van der Waals surface area contributed by atoms with E-state index in [1.165, 1.54) is 139 Å². The Balaban J connectivity index is 1.30. The summed E-state index contributed by atoms with van der Waals surface area (Å²) in [5.41, 5.74) is 2.70. The molecule has 1 aromatic heterocycles. The van der Waals surface area contributed by atoms with Crippen molar-refractivity contribution < 1.29 is 4.57 Å². The third kappa shape index (κ3) is 11.5. The summed E-state index contributed by atoms with van der Waals surface area (Å²) in [6.45, 7) is 3.45. The second-order valence-electron chi connectivity index (χ2n) is 10.1. The van der Waals surface area contributed by atoms with E-state index in [4.69, 9.17) is 0 Å². The molecule has 2 heteroatoms. The largest absolute Gasteiger partial charge is 0.244 e. The minimum absolute atomic E-state index is 1.15. The Hall–Kier alpha value is -1.31. The number of hydrogen-bond acceptors (Lipinski definition) is 0. The Labute approximate surface area is 199 Å². The number of rotatable bonds is 21. The van der Waals surface area contributed by atoms with Crippen LogP contribution in [-0.4, -0.2) is 4.57 Å². The Morgan fingerprint density at radius 2 is 0.969 bits per heavy atom. The highest BCUT2D eigenvalue weighted by molar-refractivity contribution is 5.71. The molecule has 0 fully saturated rings. The predicted molar refractivity (Wildman–Crippen MR) is 141 cm³/mol. The fourth-order valence-corrected chi connectivity index (χ4v) is 5.05. The highest BCUT2D eigenvalue weighted by atomic mass is 15.1. The van der Waals surface area contributed by atoms with Crippen LogP contribution in [0.3, 0.4) is 0 Å². The van der Waals surface area contributed by atoms with Gasteiger partial charge in [0.15, 0.2) is 11.0 Å². The monoisotopic (exact) mass is 441 g/mol. The number of para-hydroxylation sites is 2. The molecule has 32 heavy (non-hydrogen) atoms. The van der Waals surface area contributed by atoms with Gasteiger partial charge in [0.2, 0.25) is 6.33 Å². The zero-order chi connectivity index (χ0) is 22.7. The molecule has 0 atom stereocenters. The van der Waals surface area contributed by atoms with Crippen molar-refractivity contribution in [3.05, 3.63) is 30.6 Å². The van der Waals surface area contributed by atoms with Gasteiger partial charge in [-0.15, -0.1) is 0 Å². The van der Waals surface area contributed by atoms with Crippen molar-refractivity contribution in [2.24, 2.45) is 7.05 Å². The topological polar surface area (TPSA) is 8.81 Å². The minimum Gasteiger partial charge on any atom is -0.233 e. The van der Waals surface area contributed by atoms with Crippen molar-refractivity contribution in [3.63, 3.8) is 0 Å². The van der Waals surface area contributed by atoms with Crippen LogP contribution in [0, 0.1) is 0 Å². The van der Waals surface area contributed by atoms with Crippen LogP contribution in [0.4, 0.5) is 0 Å². The van der Waals surface area contributed by atoms with Crippen LogP contribution in [0.2, 0.25) is 0 Å². The van der Waals surface area contributed by atoms with E-state index in [1.54, 1.807) is 0 Å². The van der Waals surface area contributed by atoms with Crippen molar-refractivity contribution >= 4 is 11.0 Å². The molecular weight excluding hydrogens is 388 g/mol. The SMILES string of the molecule is CCCCCCCCCCCCCCCCCCCCCCn1c[n+](C)c2ccccc21. The van der Waals surface area contributed by atoms with E-state index in [-0.39, 0.29) is 0 Å². The number of imidazole rings is 1. The molecule has 0 amide bonds. The lowest BCUT2D eigenvalue weighted by Gasteiger charge is -2.04. The quantitative estimate of drug-likeness (QED) is 0.135. The molecule has 1 aromatic carbocycles. The highest BCUT2D eigenvalue weighted by Gasteiger charge is 2.11. The van der Waals surface area contributed by atoms with Crippen molar-refractivity contribution in [1.82, 2.24) is 4.57 Å². The Kier molecular flexibility index (Phi) is 15.3. The first-order valence-electron chi connectivity index (χ1n) is 14.3. The van der Waals surface area contributed by atoms with Gasteiger partial charge in [-0.25, -0.2) is 9.13 Å². The maximum absolute atomic E-state index is 2.42. The van der Waals surface area contributed by atoms with Gasteiger partial charge in [0.25, 0.3) is 0 Å². The van der Waals surface area contributed by atoms with Gasteiger partial charge in [-0.3, -0.25) is 0 Å². The van der Waals surface area contributed by atoms with Gasteiger partial charge >= 0.3 is 0 Å². The van der Waals surface area contributed by atoms with Crippen LogP contribution in [-0.2, 0) is 13.6 Å². The summed E-state index contributed by atoms with van der Waals surface area (Å²) in [4.78, 5) is 0. The van der Waals surface area contributed by atoms with Crippen molar-refractivity contribution in [3.8, 4) is 0 Å². The summed E-state index contributed by atoms with van der Waals surface area (Å²) >= 11 is 0. The minimum atomic E-state index is 1.15. The van der Waals surface area contributed by atoms with Gasteiger partial charge in [-0.2, -0.15) is 0 Å². The van der Waals surface area contributed by atoms with Gasteiger partial charge in [0.05, 0.1) is 13.6 Å². The van der Waals surface area contributed by atoms with Gasteiger partial charge in [0, 0.05) is 0 Å². The average molecular weight is 442 g/mol. The molecule has 0 spiro atoms. The molecule has 182 valence electrons. The number of fused-ring (bicyclic) bond motifs is 1. The molecule has 0 radical (unpaired) electrons. The van der Waals surface area contributed by atoms with E-state index in [0.717, 1.165) is 6.54 Å². The summed E-state index contributed by atoms with van der Waals surface area (Å²) in [6, 6.07) is 8.73. The number of benzene rings is 1. The van der Waals surface area contributed by atoms with Crippen LogP contribution in [0.25, 0.3) is 11.0 Å². The smallest absolute Gasteiger partial charge is 0.233 e. The third-order valence-electron chi connectivity index (χ3n) is 7.14. The molecule has 0 aliphatic carbocycles.